The summed E-state index contributed by atoms with van der Waals surface area (Å²) in [7, 11) is 3.39. The highest BCUT2D eigenvalue weighted by Crippen LogP contribution is 2.14. The second kappa shape index (κ2) is 5.73. The smallest absolute Gasteiger partial charge is 0.0591 e. The number of benzene rings is 1. The molecule has 0 aromatic heterocycles. The van der Waals surface area contributed by atoms with Gasteiger partial charge in [0.2, 0.25) is 0 Å². The Kier molecular flexibility index (Phi) is 4.50. The molecule has 2 heteroatoms. The Hall–Kier alpha value is -0.860. The van der Waals surface area contributed by atoms with Gasteiger partial charge in [0.05, 0.1) is 19.1 Å². The van der Waals surface area contributed by atoms with Crippen molar-refractivity contribution in [1.82, 2.24) is 0 Å². The Balaban J connectivity index is 2.64. The lowest BCUT2D eigenvalue weighted by Crippen LogP contribution is -2.13. The Bertz CT molecular complexity index is 215. The molecular formula is C11H15O2. The van der Waals surface area contributed by atoms with Gasteiger partial charge in [-0.3, -0.25) is 0 Å². The Labute approximate surface area is 79.5 Å². The van der Waals surface area contributed by atoms with Crippen LogP contribution in [0.1, 0.15) is 5.56 Å². The average Bonchev–Trinajstić information content (AvgIpc) is 2.19. The van der Waals surface area contributed by atoms with Crippen molar-refractivity contribution in [3.63, 3.8) is 0 Å². The molecule has 2 nitrogen and oxygen atoms in total. The molecule has 0 saturated heterocycles. The minimum absolute atomic E-state index is 0.623. The van der Waals surface area contributed by atoms with Gasteiger partial charge < -0.3 is 9.47 Å². The van der Waals surface area contributed by atoms with E-state index in [4.69, 9.17) is 9.47 Å². The maximum absolute atomic E-state index is 5.09. The molecule has 0 heterocycles. The lowest BCUT2D eigenvalue weighted by Gasteiger charge is -2.14. The van der Waals surface area contributed by atoms with Crippen molar-refractivity contribution in [3.8, 4) is 0 Å². The Morgan fingerprint density at radius 1 is 1.00 bits per heavy atom. The summed E-state index contributed by atoms with van der Waals surface area (Å²) in [5.74, 6) is 1.17. The van der Waals surface area contributed by atoms with Crippen molar-refractivity contribution in [2.45, 2.75) is 0 Å². The summed E-state index contributed by atoms with van der Waals surface area (Å²) < 4.78 is 10.2. The third-order valence-electron chi connectivity index (χ3n) is 1.82. The zero-order valence-electron chi connectivity index (χ0n) is 8.12. The standard InChI is InChI=1S/C11H15O2/c1-12-8-11(9-13-2)10-6-4-3-5-7-10/h3-7H,8-9H2,1-2H3. The van der Waals surface area contributed by atoms with Crippen LogP contribution >= 0.6 is 0 Å². The molecule has 0 bridgehead atoms. The van der Waals surface area contributed by atoms with E-state index in [1.165, 1.54) is 11.5 Å². The van der Waals surface area contributed by atoms with E-state index in [1.807, 2.05) is 18.2 Å². The summed E-state index contributed by atoms with van der Waals surface area (Å²) in [6.07, 6.45) is 0. The van der Waals surface area contributed by atoms with Crippen molar-refractivity contribution in [2.24, 2.45) is 0 Å². The van der Waals surface area contributed by atoms with Crippen LogP contribution in [0.15, 0.2) is 30.3 Å². The van der Waals surface area contributed by atoms with Gasteiger partial charge in [-0.2, -0.15) is 0 Å². The van der Waals surface area contributed by atoms with Crippen LogP contribution in [-0.4, -0.2) is 27.4 Å². The van der Waals surface area contributed by atoms with Crippen LogP contribution in [0.3, 0.4) is 0 Å². The number of methoxy groups -OCH3 is 2. The van der Waals surface area contributed by atoms with Gasteiger partial charge in [-0.25, -0.2) is 0 Å². The van der Waals surface area contributed by atoms with Gasteiger partial charge in [0.1, 0.15) is 0 Å². The van der Waals surface area contributed by atoms with Crippen LogP contribution in [-0.2, 0) is 9.47 Å². The summed E-state index contributed by atoms with van der Waals surface area (Å²) in [4.78, 5) is 0. The molecule has 0 amide bonds. The van der Waals surface area contributed by atoms with E-state index in [1.54, 1.807) is 14.2 Å². The maximum atomic E-state index is 5.09. The molecule has 13 heavy (non-hydrogen) atoms. The van der Waals surface area contributed by atoms with Crippen LogP contribution < -0.4 is 0 Å². The van der Waals surface area contributed by atoms with E-state index in [2.05, 4.69) is 12.1 Å². The number of hydrogen-bond donors (Lipinski definition) is 0. The zero-order valence-corrected chi connectivity index (χ0v) is 8.12. The van der Waals surface area contributed by atoms with E-state index in [-0.39, 0.29) is 0 Å². The van der Waals surface area contributed by atoms with Crippen LogP contribution in [0.25, 0.3) is 0 Å². The molecule has 1 aromatic rings. The Morgan fingerprint density at radius 2 is 1.54 bits per heavy atom. The lowest BCUT2D eigenvalue weighted by molar-refractivity contribution is 0.162. The molecule has 0 fully saturated rings. The first-order chi connectivity index (χ1) is 6.38. The third-order valence-corrected chi connectivity index (χ3v) is 1.82. The molecule has 0 aliphatic rings. The predicted octanol–water partition coefficient (Wildman–Crippen LogP) is 1.90. The molecule has 0 atom stereocenters. The quantitative estimate of drug-likeness (QED) is 0.687. The summed E-state index contributed by atoms with van der Waals surface area (Å²) >= 11 is 0. The minimum Gasteiger partial charge on any atom is -0.384 e. The van der Waals surface area contributed by atoms with Crippen molar-refractivity contribution >= 4 is 0 Å². The van der Waals surface area contributed by atoms with E-state index >= 15 is 0 Å². The first-order valence-electron chi connectivity index (χ1n) is 4.26. The topological polar surface area (TPSA) is 18.5 Å². The highest BCUT2D eigenvalue weighted by atomic mass is 16.5. The summed E-state index contributed by atoms with van der Waals surface area (Å²) in [5, 5.41) is 0. The van der Waals surface area contributed by atoms with E-state index < -0.39 is 0 Å². The monoisotopic (exact) mass is 179 g/mol. The molecule has 1 rings (SSSR count). The first kappa shape index (κ1) is 10.2. The first-order valence-corrected chi connectivity index (χ1v) is 4.26. The summed E-state index contributed by atoms with van der Waals surface area (Å²) in [6, 6.07) is 10.2. The van der Waals surface area contributed by atoms with E-state index in [9.17, 15) is 0 Å². The molecule has 0 N–H and O–H groups in total. The molecule has 1 aromatic carbocycles. The number of hydrogen-bond acceptors (Lipinski definition) is 2. The molecule has 1 radical (unpaired) electrons. The largest absolute Gasteiger partial charge is 0.384 e. The fourth-order valence-electron chi connectivity index (χ4n) is 1.23. The van der Waals surface area contributed by atoms with E-state index in [0.717, 1.165) is 0 Å². The second-order valence-electron chi connectivity index (χ2n) is 2.84. The molecule has 0 spiro atoms. The fraction of sp³-hybridized carbons (Fsp3) is 0.364. The molecule has 0 aliphatic heterocycles. The molecular weight excluding hydrogens is 164 g/mol. The Morgan fingerprint density at radius 3 is 2.00 bits per heavy atom. The highest BCUT2D eigenvalue weighted by Gasteiger charge is 2.10. The van der Waals surface area contributed by atoms with Crippen molar-refractivity contribution < 1.29 is 9.47 Å². The van der Waals surface area contributed by atoms with Gasteiger partial charge in [0, 0.05) is 14.2 Å². The highest BCUT2D eigenvalue weighted by molar-refractivity contribution is 5.30. The molecule has 0 saturated carbocycles. The van der Waals surface area contributed by atoms with Crippen molar-refractivity contribution in [3.05, 3.63) is 41.8 Å². The summed E-state index contributed by atoms with van der Waals surface area (Å²) in [5.41, 5.74) is 1.19. The summed E-state index contributed by atoms with van der Waals surface area (Å²) in [6.45, 7) is 1.25. The second-order valence-corrected chi connectivity index (χ2v) is 2.84. The van der Waals surface area contributed by atoms with Gasteiger partial charge in [-0.05, 0) is 5.56 Å². The predicted molar refractivity (Wildman–Crippen MR) is 52.5 cm³/mol. The number of ether oxygens (including phenoxy) is 2. The van der Waals surface area contributed by atoms with Crippen LogP contribution in [0.2, 0.25) is 0 Å². The molecule has 71 valence electrons. The molecule has 0 aliphatic carbocycles. The van der Waals surface area contributed by atoms with Crippen molar-refractivity contribution in [2.75, 3.05) is 27.4 Å². The van der Waals surface area contributed by atoms with Crippen LogP contribution in [0.5, 0.6) is 0 Å². The van der Waals surface area contributed by atoms with Gasteiger partial charge in [-0.1, -0.05) is 30.3 Å². The SMILES string of the molecule is COC[C](COC)c1ccccc1. The van der Waals surface area contributed by atoms with Crippen LogP contribution in [0, 0.1) is 5.92 Å². The van der Waals surface area contributed by atoms with E-state index in [0.29, 0.717) is 13.2 Å². The average molecular weight is 179 g/mol. The van der Waals surface area contributed by atoms with Gasteiger partial charge in [0.15, 0.2) is 0 Å². The minimum atomic E-state index is 0.623. The van der Waals surface area contributed by atoms with Crippen LogP contribution in [0.4, 0.5) is 0 Å². The lowest BCUT2D eigenvalue weighted by atomic mass is 10.0. The zero-order chi connectivity index (χ0) is 9.52. The third kappa shape index (κ3) is 3.17. The maximum Gasteiger partial charge on any atom is 0.0591 e. The van der Waals surface area contributed by atoms with Gasteiger partial charge >= 0.3 is 0 Å². The van der Waals surface area contributed by atoms with Crippen molar-refractivity contribution in [1.29, 1.82) is 0 Å². The normalized spacial score (nSPS) is 10.7. The molecule has 0 unspecified atom stereocenters. The number of rotatable bonds is 5. The van der Waals surface area contributed by atoms with Gasteiger partial charge in [0.25, 0.3) is 0 Å². The fourth-order valence-corrected chi connectivity index (χ4v) is 1.23. The van der Waals surface area contributed by atoms with Gasteiger partial charge in [-0.15, -0.1) is 0 Å².